The molecular weight excluding hydrogens is 165 g/mol. The van der Waals surface area contributed by atoms with Crippen molar-refractivity contribution in [3.63, 3.8) is 0 Å². The van der Waals surface area contributed by atoms with Gasteiger partial charge in [0.25, 0.3) is 0 Å². The minimum absolute atomic E-state index is 0.128. The van der Waals surface area contributed by atoms with E-state index in [-0.39, 0.29) is 5.82 Å². The van der Waals surface area contributed by atoms with E-state index in [1.54, 1.807) is 6.07 Å². The first-order chi connectivity index (χ1) is 6.20. The third-order valence-electron chi connectivity index (χ3n) is 2.99. The maximum atomic E-state index is 13.3. The fraction of sp³-hybridized carbons (Fsp3) is 0.455. The summed E-state index contributed by atoms with van der Waals surface area (Å²) in [6, 6.07) is 5.30. The largest absolute Gasteiger partial charge is 0.382 e. The lowest BCUT2D eigenvalue weighted by molar-refractivity contribution is 0.489. The summed E-state index contributed by atoms with van der Waals surface area (Å²) in [5.41, 5.74) is 1.81. The van der Waals surface area contributed by atoms with Crippen molar-refractivity contribution in [1.82, 2.24) is 0 Å². The van der Waals surface area contributed by atoms with Gasteiger partial charge in [0.05, 0.1) is 5.69 Å². The SMILES string of the molecule is CC1CNc2c(F)cccc2C1C. The van der Waals surface area contributed by atoms with E-state index in [4.69, 9.17) is 0 Å². The molecule has 0 bridgehead atoms. The Bertz CT molecular complexity index is 322. The molecule has 2 atom stereocenters. The minimum atomic E-state index is -0.128. The minimum Gasteiger partial charge on any atom is -0.382 e. The van der Waals surface area contributed by atoms with E-state index in [9.17, 15) is 4.39 Å². The molecule has 1 aromatic carbocycles. The molecule has 0 amide bonds. The topological polar surface area (TPSA) is 12.0 Å². The van der Waals surface area contributed by atoms with Crippen molar-refractivity contribution in [3.8, 4) is 0 Å². The van der Waals surface area contributed by atoms with Gasteiger partial charge in [0.2, 0.25) is 0 Å². The number of benzene rings is 1. The van der Waals surface area contributed by atoms with Gasteiger partial charge in [-0.1, -0.05) is 26.0 Å². The van der Waals surface area contributed by atoms with Crippen LogP contribution in [-0.2, 0) is 0 Å². The first kappa shape index (κ1) is 8.54. The van der Waals surface area contributed by atoms with Crippen LogP contribution in [0.3, 0.4) is 0 Å². The molecule has 0 aromatic heterocycles. The Hall–Kier alpha value is -1.05. The lowest BCUT2D eigenvalue weighted by Gasteiger charge is -2.29. The second-order valence-corrected chi connectivity index (χ2v) is 3.85. The van der Waals surface area contributed by atoms with Crippen LogP contribution in [0.2, 0.25) is 0 Å². The van der Waals surface area contributed by atoms with E-state index in [1.807, 2.05) is 6.07 Å². The van der Waals surface area contributed by atoms with Gasteiger partial charge in [-0.2, -0.15) is 0 Å². The summed E-state index contributed by atoms with van der Waals surface area (Å²) < 4.78 is 13.3. The average Bonchev–Trinajstić information content (AvgIpc) is 2.12. The van der Waals surface area contributed by atoms with Gasteiger partial charge >= 0.3 is 0 Å². The predicted octanol–water partition coefficient (Wildman–Crippen LogP) is 2.99. The standard InChI is InChI=1S/C11H14FN/c1-7-6-13-11-9(8(7)2)4-3-5-10(11)12/h3-5,7-8,13H,6H2,1-2H3. The molecule has 0 saturated carbocycles. The van der Waals surface area contributed by atoms with Crippen LogP contribution < -0.4 is 5.32 Å². The number of nitrogens with one attached hydrogen (secondary N) is 1. The zero-order chi connectivity index (χ0) is 9.42. The van der Waals surface area contributed by atoms with E-state index in [0.717, 1.165) is 12.1 Å². The fourth-order valence-electron chi connectivity index (χ4n) is 1.85. The first-order valence-corrected chi connectivity index (χ1v) is 4.72. The van der Waals surface area contributed by atoms with Gasteiger partial charge in [-0.3, -0.25) is 0 Å². The molecule has 0 saturated heterocycles. The third-order valence-corrected chi connectivity index (χ3v) is 2.99. The lowest BCUT2D eigenvalue weighted by atomic mass is 9.85. The van der Waals surface area contributed by atoms with Crippen LogP contribution in [0.5, 0.6) is 0 Å². The molecule has 0 aliphatic carbocycles. The number of fused-ring (bicyclic) bond motifs is 1. The summed E-state index contributed by atoms with van der Waals surface area (Å²) in [7, 11) is 0. The van der Waals surface area contributed by atoms with Crippen LogP contribution in [0.1, 0.15) is 25.3 Å². The maximum absolute atomic E-state index is 13.3. The molecule has 0 radical (unpaired) electrons. The Balaban J connectivity index is 2.49. The van der Waals surface area contributed by atoms with Crippen molar-refractivity contribution in [1.29, 1.82) is 0 Å². The second kappa shape index (κ2) is 3.02. The third kappa shape index (κ3) is 1.30. The van der Waals surface area contributed by atoms with E-state index >= 15 is 0 Å². The highest BCUT2D eigenvalue weighted by atomic mass is 19.1. The van der Waals surface area contributed by atoms with Crippen molar-refractivity contribution >= 4 is 5.69 Å². The van der Waals surface area contributed by atoms with Gasteiger partial charge in [0.1, 0.15) is 5.82 Å². The quantitative estimate of drug-likeness (QED) is 0.645. The van der Waals surface area contributed by atoms with Gasteiger partial charge < -0.3 is 5.32 Å². The van der Waals surface area contributed by atoms with Gasteiger partial charge in [-0.25, -0.2) is 4.39 Å². The van der Waals surface area contributed by atoms with Gasteiger partial charge in [0.15, 0.2) is 0 Å². The van der Waals surface area contributed by atoms with Gasteiger partial charge in [-0.05, 0) is 23.5 Å². The number of hydrogen-bond acceptors (Lipinski definition) is 1. The molecule has 0 spiro atoms. The van der Waals surface area contributed by atoms with Crippen molar-refractivity contribution in [2.75, 3.05) is 11.9 Å². The Morgan fingerprint density at radius 1 is 1.38 bits per heavy atom. The van der Waals surface area contributed by atoms with Crippen LogP contribution in [-0.4, -0.2) is 6.54 Å². The highest BCUT2D eigenvalue weighted by Crippen LogP contribution is 2.35. The van der Waals surface area contributed by atoms with Gasteiger partial charge in [0, 0.05) is 6.54 Å². The number of para-hydroxylation sites is 1. The highest BCUT2D eigenvalue weighted by Gasteiger charge is 2.23. The van der Waals surface area contributed by atoms with Crippen LogP contribution in [0.15, 0.2) is 18.2 Å². The summed E-state index contributed by atoms with van der Waals surface area (Å²) >= 11 is 0. The molecular formula is C11H14FN. The van der Waals surface area contributed by atoms with Crippen molar-refractivity contribution in [2.24, 2.45) is 5.92 Å². The average molecular weight is 179 g/mol. The molecule has 1 aliphatic heterocycles. The van der Waals surface area contributed by atoms with E-state index in [0.29, 0.717) is 17.5 Å². The molecule has 13 heavy (non-hydrogen) atoms. The summed E-state index contributed by atoms with van der Waals surface area (Å²) in [5.74, 6) is 0.900. The van der Waals surface area contributed by atoms with Gasteiger partial charge in [-0.15, -0.1) is 0 Å². The molecule has 0 fully saturated rings. The maximum Gasteiger partial charge on any atom is 0.146 e. The Kier molecular flexibility index (Phi) is 1.98. The molecule has 70 valence electrons. The number of anilines is 1. The lowest BCUT2D eigenvalue weighted by Crippen LogP contribution is -2.24. The number of rotatable bonds is 0. The van der Waals surface area contributed by atoms with Crippen LogP contribution in [0.4, 0.5) is 10.1 Å². The van der Waals surface area contributed by atoms with E-state index in [2.05, 4.69) is 19.2 Å². The summed E-state index contributed by atoms with van der Waals surface area (Å²) in [4.78, 5) is 0. The molecule has 2 rings (SSSR count). The fourth-order valence-corrected chi connectivity index (χ4v) is 1.85. The van der Waals surface area contributed by atoms with Crippen molar-refractivity contribution in [2.45, 2.75) is 19.8 Å². The molecule has 2 unspecified atom stereocenters. The smallest absolute Gasteiger partial charge is 0.146 e. The molecule has 1 N–H and O–H groups in total. The van der Waals surface area contributed by atoms with Crippen molar-refractivity contribution < 1.29 is 4.39 Å². The summed E-state index contributed by atoms with van der Waals surface area (Å²) in [6.45, 7) is 5.21. The van der Waals surface area contributed by atoms with E-state index < -0.39 is 0 Å². The molecule has 1 aliphatic rings. The number of halogens is 1. The second-order valence-electron chi connectivity index (χ2n) is 3.85. The van der Waals surface area contributed by atoms with Crippen LogP contribution in [0, 0.1) is 11.7 Å². The number of hydrogen-bond donors (Lipinski definition) is 1. The summed E-state index contributed by atoms with van der Waals surface area (Å²) in [5, 5.41) is 3.14. The zero-order valence-corrected chi connectivity index (χ0v) is 7.97. The van der Waals surface area contributed by atoms with Crippen molar-refractivity contribution in [3.05, 3.63) is 29.6 Å². The predicted molar refractivity (Wildman–Crippen MR) is 52.5 cm³/mol. The molecule has 1 aromatic rings. The molecule has 1 heterocycles. The molecule has 2 heteroatoms. The highest BCUT2D eigenvalue weighted by molar-refractivity contribution is 5.56. The zero-order valence-electron chi connectivity index (χ0n) is 7.97. The molecule has 1 nitrogen and oxygen atoms in total. The van der Waals surface area contributed by atoms with Crippen LogP contribution in [0.25, 0.3) is 0 Å². The normalized spacial score (nSPS) is 26.4. The monoisotopic (exact) mass is 179 g/mol. The Morgan fingerprint density at radius 3 is 2.92 bits per heavy atom. The van der Waals surface area contributed by atoms with E-state index in [1.165, 1.54) is 6.07 Å². The Morgan fingerprint density at radius 2 is 2.15 bits per heavy atom. The Labute approximate surface area is 78.0 Å². The first-order valence-electron chi connectivity index (χ1n) is 4.72. The summed E-state index contributed by atoms with van der Waals surface area (Å²) in [6.07, 6.45) is 0. The van der Waals surface area contributed by atoms with Crippen LogP contribution >= 0.6 is 0 Å².